The highest BCUT2D eigenvalue weighted by Gasteiger charge is 2.33. The summed E-state index contributed by atoms with van der Waals surface area (Å²) in [6.07, 6.45) is -0.819. The summed E-state index contributed by atoms with van der Waals surface area (Å²) in [5.74, 6) is -0.799. The van der Waals surface area contributed by atoms with Crippen LogP contribution in [0.4, 0.5) is 4.79 Å². The van der Waals surface area contributed by atoms with E-state index in [1.54, 1.807) is 31.2 Å². The van der Waals surface area contributed by atoms with E-state index in [1.807, 2.05) is 6.07 Å². The van der Waals surface area contributed by atoms with Crippen molar-refractivity contribution in [2.75, 3.05) is 19.8 Å². The number of imide groups is 1. The van der Waals surface area contributed by atoms with Crippen LogP contribution >= 0.6 is 15.9 Å². The molecule has 0 atom stereocenters. The van der Waals surface area contributed by atoms with E-state index in [-0.39, 0.29) is 19.8 Å². The minimum Gasteiger partial charge on any atom is -0.435 e. The van der Waals surface area contributed by atoms with Crippen molar-refractivity contribution in [2.24, 2.45) is 0 Å². The van der Waals surface area contributed by atoms with Crippen LogP contribution in [0.5, 0.6) is 0 Å². The van der Waals surface area contributed by atoms with Gasteiger partial charge in [-0.15, -0.1) is 0 Å². The molecule has 0 spiro atoms. The standard InChI is InChI=1S/C17H14BrNO5/c1-2-23-17(22)24-9-8-19-15(20)11-5-3-4-10-13(18)7-6-12(14(10)11)16(19)21/h3-7H,2,8-9H2,1H3. The van der Waals surface area contributed by atoms with Crippen LogP contribution < -0.4 is 0 Å². The average molecular weight is 392 g/mol. The van der Waals surface area contributed by atoms with E-state index in [0.29, 0.717) is 16.5 Å². The minimum atomic E-state index is -0.819. The monoisotopic (exact) mass is 391 g/mol. The van der Waals surface area contributed by atoms with Crippen LogP contribution in [0.2, 0.25) is 0 Å². The molecule has 6 nitrogen and oxygen atoms in total. The van der Waals surface area contributed by atoms with Crippen LogP contribution in [0.15, 0.2) is 34.8 Å². The van der Waals surface area contributed by atoms with Gasteiger partial charge >= 0.3 is 6.16 Å². The van der Waals surface area contributed by atoms with Gasteiger partial charge in [0.05, 0.1) is 13.2 Å². The fourth-order valence-corrected chi connectivity index (χ4v) is 3.16. The summed E-state index contributed by atoms with van der Waals surface area (Å²) in [6.45, 7) is 1.72. The first-order valence-corrected chi connectivity index (χ1v) is 8.21. The maximum atomic E-state index is 12.6. The molecular formula is C17H14BrNO5. The molecule has 0 saturated heterocycles. The first-order valence-electron chi connectivity index (χ1n) is 7.41. The smallest absolute Gasteiger partial charge is 0.435 e. The molecule has 2 amide bonds. The first kappa shape index (κ1) is 16.4. The van der Waals surface area contributed by atoms with Gasteiger partial charge in [0.1, 0.15) is 6.61 Å². The summed E-state index contributed by atoms with van der Waals surface area (Å²) in [5, 5.41) is 1.46. The molecular weight excluding hydrogens is 378 g/mol. The summed E-state index contributed by atoms with van der Waals surface area (Å²) in [4.78, 5) is 37.6. The van der Waals surface area contributed by atoms with Crippen molar-refractivity contribution in [1.29, 1.82) is 0 Å². The van der Waals surface area contributed by atoms with Gasteiger partial charge < -0.3 is 9.47 Å². The second kappa shape index (κ2) is 6.60. The van der Waals surface area contributed by atoms with Crippen molar-refractivity contribution in [3.8, 4) is 0 Å². The molecule has 0 radical (unpaired) electrons. The number of nitrogens with zero attached hydrogens (tertiary/aromatic N) is 1. The highest BCUT2D eigenvalue weighted by Crippen LogP contribution is 2.34. The van der Waals surface area contributed by atoms with Crippen LogP contribution in [0.1, 0.15) is 27.6 Å². The zero-order valence-corrected chi connectivity index (χ0v) is 14.5. The molecule has 124 valence electrons. The topological polar surface area (TPSA) is 72.9 Å². The lowest BCUT2D eigenvalue weighted by molar-refractivity contribution is 0.0417. The number of hydrogen-bond acceptors (Lipinski definition) is 5. The summed E-state index contributed by atoms with van der Waals surface area (Å²) in [5.41, 5.74) is 0.916. The van der Waals surface area contributed by atoms with Crippen molar-refractivity contribution in [2.45, 2.75) is 6.92 Å². The first-order chi connectivity index (χ1) is 11.5. The molecule has 0 unspecified atom stereocenters. The van der Waals surface area contributed by atoms with E-state index in [4.69, 9.17) is 4.74 Å². The molecule has 1 aliphatic rings. The van der Waals surface area contributed by atoms with Crippen molar-refractivity contribution in [3.05, 3.63) is 45.9 Å². The molecule has 2 aromatic rings. The fourth-order valence-electron chi connectivity index (χ4n) is 2.69. The van der Waals surface area contributed by atoms with Crippen molar-refractivity contribution in [3.63, 3.8) is 0 Å². The zero-order valence-electron chi connectivity index (χ0n) is 12.9. The SMILES string of the molecule is CCOC(=O)OCCN1C(=O)c2cccc3c(Br)ccc(c23)C1=O. The number of amides is 2. The quantitative estimate of drug-likeness (QED) is 0.589. The molecule has 0 fully saturated rings. The summed E-state index contributed by atoms with van der Waals surface area (Å²) in [7, 11) is 0. The summed E-state index contributed by atoms with van der Waals surface area (Å²) >= 11 is 3.44. The number of hydrogen-bond donors (Lipinski definition) is 0. The van der Waals surface area contributed by atoms with E-state index in [1.165, 1.54) is 0 Å². The van der Waals surface area contributed by atoms with Gasteiger partial charge in [-0.3, -0.25) is 14.5 Å². The Bertz CT molecular complexity index is 826. The Labute approximate surface area is 146 Å². The maximum absolute atomic E-state index is 12.6. The van der Waals surface area contributed by atoms with E-state index < -0.39 is 18.0 Å². The maximum Gasteiger partial charge on any atom is 0.508 e. The van der Waals surface area contributed by atoms with Crippen LogP contribution in [-0.4, -0.2) is 42.6 Å². The van der Waals surface area contributed by atoms with Crippen LogP contribution in [0, 0.1) is 0 Å². The predicted molar refractivity (Wildman–Crippen MR) is 90.0 cm³/mol. The number of rotatable bonds is 4. The molecule has 1 aliphatic heterocycles. The highest BCUT2D eigenvalue weighted by molar-refractivity contribution is 9.10. The molecule has 0 bridgehead atoms. The molecule has 2 aromatic carbocycles. The number of carbonyl (C=O) groups is 3. The third kappa shape index (κ3) is 2.75. The third-order valence-corrected chi connectivity index (χ3v) is 4.43. The summed E-state index contributed by atoms with van der Waals surface area (Å²) in [6, 6.07) is 8.78. The average Bonchev–Trinajstić information content (AvgIpc) is 2.57. The fraction of sp³-hybridized carbons (Fsp3) is 0.235. The molecule has 7 heteroatoms. The van der Waals surface area contributed by atoms with Gasteiger partial charge in [-0.05, 0) is 30.5 Å². The molecule has 24 heavy (non-hydrogen) atoms. The van der Waals surface area contributed by atoms with Crippen molar-refractivity contribution in [1.82, 2.24) is 4.90 Å². The molecule has 0 aliphatic carbocycles. The Morgan fingerprint density at radius 2 is 1.79 bits per heavy atom. The van der Waals surface area contributed by atoms with Crippen LogP contribution in [0.3, 0.4) is 0 Å². The van der Waals surface area contributed by atoms with Gasteiger partial charge in [0.2, 0.25) is 0 Å². The molecule has 0 aromatic heterocycles. The van der Waals surface area contributed by atoms with Gasteiger partial charge in [0.25, 0.3) is 11.8 Å². The summed E-state index contributed by atoms with van der Waals surface area (Å²) < 4.78 is 10.3. The second-order valence-corrected chi connectivity index (χ2v) is 5.97. The van der Waals surface area contributed by atoms with Crippen LogP contribution in [0.25, 0.3) is 10.8 Å². The van der Waals surface area contributed by atoms with Gasteiger partial charge in [0.15, 0.2) is 0 Å². The van der Waals surface area contributed by atoms with E-state index in [0.717, 1.165) is 14.8 Å². The minimum absolute atomic E-state index is 0.0254. The predicted octanol–water partition coefficient (Wildman–Crippen LogP) is 3.37. The Morgan fingerprint density at radius 1 is 1.08 bits per heavy atom. The van der Waals surface area contributed by atoms with E-state index in [9.17, 15) is 14.4 Å². The van der Waals surface area contributed by atoms with Crippen molar-refractivity contribution < 1.29 is 23.9 Å². The second-order valence-electron chi connectivity index (χ2n) is 5.12. The largest absolute Gasteiger partial charge is 0.508 e. The Balaban J connectivity index is 1.88. The highest BCUT2D eigenvalue weighted by atomic mass is 79.9. The third-order valence-electron chi connectivity index (χ3n) is 3.74. The molecule has 1 heterocycles. The number of benzene rings is 2. The Hall–Kier alpha value is -2.41. The lowest BCUT2D eigenvalue weighted by Crippen LogP contribution is -2.42. The van der Waals surface area contributed by atoms with Gasteiger partial charge in [-0.2, -0.15) is 0 Å². The Kier molecular flexibility index (Phi) is 4.53. The molecule has 0 saturated carbocycles. The number of ether oxygens (including phenoxy) is 2. The van der Waals surface area contributed by atoms with Gasteiger partial charge in [-0.25, -0.2) is 4.79 Å². The molecule has 3 rings (SSSR count). The lowest BCUT2D eigenvalue weighted by atomic mass is 9.94. The van der Waals surface area contributed by atoms with Gasteiger partial charge in [0, 0.05) is 21.0 Å². The van der Waals surface area contributed by atoms with E-state index in [2.05, 4.69) is 20.7 Å². The normalized spacial score (nSPS) is 13.3. The van der Waals surface area contributed by atoms with Crippen LogP contribution in [-0.2, 0) is 9.47 Å². The van der Waals surface area contributed by atoms with E-state index >= 15 is 0 Å². The van der Waals surface area contributed by atoms with Crippen molar-refractivity contribution >= 4 is 44.7 Å². The van der Waals surface area contributed by atoms with Gasteiger partial charge in [-0.1, -0.05) is 28.1 Å². The Morgan fingerprint density at radius 3 is 2.50 bits per heavy atom. The lowest BCUT2D eigenvalue weighted by Gasteiger charge is -2.27. The number of halogens is 1. The molecule has 0 N–H and O–H groups in total. The zero-order chi connectivity index (χ0) is 17.3. The number of carbonyl (C=O) groups excluding carboxylic acids is 3.